The lowest BCUT2D eigenvalue weighted by atomic mass is 10.1. The summed E-state index contributed by atoms with van der Waals surface area (Å²) < 4.78 is 26.2. The summed E-state index contributed by atoms with van der Waals surface area (Å²) in [5, 5.41) is 0. The molecule has 1 aliphatic rings. The number of halogens is 2. The van der Waals surface area contributed by atoms with Gasteiger partial charge in [0, 0.05) is 19.0 Å². The average Bonchev–Trinajstić information content (AvgIpc) is 2.60. The van der Waals surface area contributed by atoms with Crippen molar-refractivity contribution in [3.63, 3.8) is 0 Å². The fraction of sp³-hybridized carbons (Fsp3) is 0.364. The molecule has 1 saturated heterocycles. The molecule has 0 bridgehead atoms. The normalized spacial score (nSPS) is 20.6. The highest BCUT2D eigenvalue weighted by Gasteiger charge is 2.31. The Morgan fingerprint density at radius 1 is 1.44 bits per heavy atom. The molecule has 0 saturated carbocycles. The summed E-state index contributed by atoms with van der Waals surface area (Å²) in [5.41, 5.74) is 5.59. The van der Waals surface area contributed by atoms with Crippen LogP contribution in [0.15, 0.2) is 18.2 Å². The van der Waals surface area contributed by atoms with E-state index in [9.17, 15) is 13.6 Å². The molecule has 1 amide bonds. The summed E-state index contributed by atoms with van der Waals surface area (Å²) in [6.45, 7) is 0.795. The van der Waals surface area contributed by atoms with Crippen LogP contribution < -0.4 is 10.6 Å². The molecule has 3 nitrogen and oxygen atoms in total. The van der Waals surface area contributed by atoms with Crippen LogP contribution in [-0.4, -0.2) is 19.0 Å². The molecule has 16 heavy (non-hydrogen) atoms. The van der Waals surface area contributed by atoms with Gasteiger partial charge in [-0.2, -0.15) is 0 Å². The topological polar surface area (TPSA) is 46.3 Å². The second kappa shape index (κ2) is 4.17. The molecule has 2 N–H and O–H groups in total. The number of amides is 1. The van der Waals surface area contributed by atoms with Gasteiger partial charge in [-0.15, -0.1) is 0 Å². The molecule has 0 radical (unpaired) electrons. The van der Waals surface area contributed by atoms with Crippen LogP contribution in [0.3, 0.4) is 0 Å². The number of nitrogens with zero attached hydrogens (tertiary/aromatic N) is 1. The summed E-state index contributed by atoms with van der Waals surface area (Å²) in [5.74, 6) is -1.48. The molecule has 0 aromatic heterocycles. The Kier molecular flexibility index (Phi) is 2.87. The standard InChI is InChI=1S/C11H12F2N2O/c12-8-1-2-10(9(13)4-8)15-6-7(5-14)3-11(15)16/h1-2,4,7H,3,5-6,14H2. The van der Waals surface area contributed by atoms with Crippen molar-refractivity contribution in [2.24, 2.45) is 11.7 Å². The van der Waals surface area contributed by atoms with Crippen molar-refractivity contribution in [1.82, 2.24) is 0 Å². The van der Waals surface area contributed by atoms with E-state index in [0.29, 0.717) is 19.5 Å². The van der Waals surface area contributed by atoms with Crippen LogP contribution in [0.25, 0.3) is 0 Å². The van der Waals surface area contributed by atoms with E-state index >= 15 is 0 Å². The zero-order valence-corrected chi connectivity index (χ0v) is 8.62. The van der Waals surface area contributed by atoms with Gasteiger partial charge in [-0.3, -0.25) is 4.79 Å². The first-order chi connectivity index (χ1) is 7.61. The highest BCUT2D eigenvalue weighted by atomic mass is 19.1. The zero-order valence-electron chi connectivity index (χ0n) is 8.62. The van der Waals surface area contributed by atoms with Gasteiger partial charge in [0.2, 0.25) is 5.91 Å². The van der Waals surface area contributed by atoms with Gasteiger partial charge >= 0.3 is 0 Å². The first-order valence-electron chi connectivity index (χ1n) is 5.07. The average molecular weight is 226 g/mol. The van der Waals surface area contributed by atoms with Gasteiger partial charge in [-0.25, -0.2) is 8.78 Å². The number of carbonyl (C=O) groups excluding carboxylic acids is 1. The molecule has 5 heteroatoms. The molecular weight excluding hydrogens is 214 g/mol. The maximum absolute atomic E-state index is 13.4. The number of anilines is 1. The summed E-state index contributed by atoms with van der Waals surface area (Å²) in [7, 11) is 0. The van der Waals surface area contributed by atoms with E-state index < -0.39 is 11.6 Å². The summed E-state index contributed by atoms with van der Waals surface area (Å²) in [6.07, 6.45) is 0.327. The molecule has 1 heterocycles. The number of rotatable bonds is 2. The van der Waals surface area contributed by atoms with Crippen LogP contribution in [0.2, 0.25) is 0 Å². The van der Waals surface area contributed by atoms with Gasteiger partial charge in [-0.05, 0) is 24.6 Å². The highest BCUT2D eigenvalue weighted by molar-refractivity contribution is 5.95. The third-order valence-corrected chi connectivity index (χ3v) is 2.74. The van der Waals surface area contributed by atoms with Crippen LogP contribution in [0.4, 0.5) is 14.5 Å². The lowest BCUT2D eigenvalue weighted by Gasteiger charge is -2.17. The third-order valence-electron chi connectivity index (χ3n) is 2.74. The highest BCUT2D eigenvalue weighted by Crippen LogP contribution is 2.27. The number of benzene rings is 1. The van der Waals surface area contributed by atoms with Crippen molar-refractivity contribution < 1.29 is 13.6 Å². The third kappa shape index (κ3) is 1.90. The van der Waals surface area contributed by atoms with Crippen molar-refractivity contribution >= 4 is 11.6 Å². The van der Waals surface area contributed by atoms with Gasteiger partial charge in [0.15, 0.2) is 0 Å². The van der Waals surface area contributed by atoms with Crippen LogP contribution in [0.5, 0.6) is 0 Å². The van der Waals surface area contributed by atoms with Crippen molar-refractivity contribution in [2.75, 3.05) is 18.0 Å². The molecule has 2 rings (SSSR count). The van der Waals surface area contributed by atoms with Gasteiger partial charge in [0.25, 0.3) is 0 Å². The van der Waals surface area contributed by atoms with E-state index in [1.807, 2.05) is 0 Å². The minimum Gasteiger partial charge on any atom is -0.330 e. The van der Waals surface area contributed by atoms with E-state index in [0.717, 1.165) is 12.1 Å². The van der Waals surface area contributed by atoms with Gasteiger partial charge in [-0.1, -0.05) is 0 Å². The van der Waals surface area contributed by atoms with Crippen molar-refractivity contribution in [3.05, 3.63) is 29.8 Å². The predicted octanol–water partition coefficient (Wildman–Crippen LogP) is 1.28. The molecule has 1 aromatic rings. The molecule has 0 aliphatic carbocycles. The quantitative estimate of drug-likeness (QED) is 0.825. The molecule has 1 unspecified atom stereocenters. The van der Waals surface area contributed by atoms with Crippen LogP contribution in [0, 0.1) is 17.6 Å². The molecule has 1 atom stereocenters. The van der Waals surface area contributed by atoms with Crippen LogP contribution >= 0.6 is 0 Å². The maximum atomic E-state index is 13.4. The van der Waals surface area contributed by atoms with E-state index in [1.54, 1.807) is 0 Å². The SMILES string of the molecule is NCC1CC(=O)N(c2ccc(F)cc2F)C1. The first-order valence-corrected chi connectivity index (χ1v) is 5.07. The monoisotopic (exact) mass is 226 g/mol. The lowest BCUT2D eigenvalue weighted by molar-refractivity contribution is -0.117. The molecule has 1 aromatic carbocycles. The maximum Gasteiger partial charge on any atom is 0.227 e. The predicted molar refractivity (Wildman–Crippen MR) is 55.9 cm³/mol. The smallest absolute Gasteiger partial charge is 0.227 e. The number of nitrogens with two attached hydrogens (primary N) is 1. The zero-order chi connectivity index (χ0) is 11.7. The van der Waals surface area contributed by atoms with E-state index in [1.165, 1.54) is 11.0 Å². The Bertz CT molecular complexity index is 422. The number of carbonyl (C=O) groups is 1. The fourth-order valence-corrected chi connectivity index (χ4v) is 1.87. The number of hydrogen-bond acceptors (Lipinski definition) is 2. The van der Waals surface area contributed by atoms with Gasteiger partial charge < -0.3 is 10.6 Å². The van der Waals surface area contributed by atoms with E-state index in [4.69, 9.17) is 5.73 Å². The minimum absolute atomic E-state index is 0.0527. The molecule has 0 spiro atoms. The first kappa shape index (κ1) is 11.0. The molecular formula is C11H12F2N2O. The Hall–Kier alpha value is -1.49. The van der Waals surface area contributed by atoms with E-state index in [-0.39, 0.29) is 17.5 Å². The Morgan fingerprint density at radius 3 is 2.75 bits per heavy atom. The molecule has 86 valence electrons. The Morgan fingerprint density at radius 2 is 2.19 bits per heavy atom. The Balaban J connectivity index is 2.28. The second-order valence-corrected chi connectivity index (χ2v) is 3.91. The molecule has 1 aliphatic heterocycles. The van der Waals surface area contributed by atoms with Crippen LogP contribution in [0.1, 0.15) is 6.42 Å². The largest absolute Gasteiger partial charge is 0.330 e. The lowest BCUT2D eigenvalue weighted by Crippen LogP contribution is -2.26. The second-order valence-electron chi connectivity index (χ2n) is 3.91. The van der Waals surface area contributed by atoms with Gasteiger partial charge in [0.1, 0.15) is 11.6 Å². The summed E-state index contributed by atoms with van der Waals surface area (Å²) in [4.78, 5) is 12.9. The van der Waals surface area contributed by atoms with Gasteiger partial charge in [0.05, 0.1) is 5.69 Å². The van der Waals surface area contributed by atoms with E-state index in [2.05, 4.69) is 0 Å². The fourth-order valence-electron chi connectivity index (χ4n) is 1.87. The Labute approximate surface area is 91.8 Å². The summed E-state index contributed by atoms with van der Waals surface area (Å²) in [6, 6.07) is 3.20. The van der Waals surface area contributed by atoms with Crippen molar-refractivity contribution in [1.29, 1.82) is 0 Å². The van der Waals surface area contributed by atoms with Crippen molar-refractivity contribution in [2.45, 2.75) is 6.42 Å². The van der Waals surface area contributed by atoms with Crippen molar-refractivity contribution in [3.8, 4) is 0 Å². The minimum atomic E-state index is -0.717. The molecule has 1 fully saturated rings. The summed E-state index contributed by atoms with van der Waals surface area (Å²) >= 11 is 0. The van der Waals surface area contributed by atoms with Crippen LogP contribution in [-0.2, 0) is 4.79 Å². The number of hydrogen-bond donors (Lipinski definition) is 1.